The Morgan fingerprint density at radius 2 is 2.05 bits per heavy atom. The number of nitrogens with zero attached hydrogens (tertiary/aromatic N) is 1. The third-order valence-corrected chi connectivity index (χ3v) is 3.40. The van der Waals surface area contributed by atoms with E-state index < -0.39 is 6.10 Å². The topological polar surface area (TPSA) is 51.2 Å². The summed E-state index contributed by atoms with van der Waals surface area (Å²) in [6.07, 6.45) is 1.04. The van der Waals surface area contributed by atoms with Crippen molar-refractivity contribution in [1.29, 1.82) is 0 Å². The minimum atomic E-state index is -0.661. The fraction of sp³-hybridized carbons (Fsp3) is 0.200. The first-order chi connectivity index (χ1) is 9.61. The number of ether oxygens (including phenoxy) is 1. The van der Waals surface area contributed by atoms with Gasteiger partial charge in [-0.25, -0.2) is 4.98 Å². The van der Waals surface area contributed by atoms with Gasteiger partial charge in [0.15, 0.2) is 6.10 Å². The average molecular weight is 335 g/mol. The van der Waals surface area contributed by atoms with Gasteiger partial charge in [0, 0.05) is 13.3 Å². The molecule has 0 saturated carbocycles. The van der Waals surface area contributed by atoms with Crippen molar-refractivity contribution in [2.24, 2.45) is 0 Å². The normalized spacial score (nSPS) is 11.9. The van der Waals surface area contributed by atoms with Crippen LogP contribution in [0.4, 0.5) is 5.82 Å². The van der Waals surface area contributed by atoms with E-state index in [0.29, 0.717) is 5.82 Å². The molecule has 4 nitrogen and oxygen atoms in total. The number of halogens is 1. The summed E-state index contributed by atoms with van der Waals surface area (Å²) in [5.41, 5.74) is 1.82. The summed E-state index contributed by atoms with van der Waals surface area (Å²) in [5.74, 6) is 0.231. The average Bonchev–Trinajstić information content (AvgIpc) is 2.44. The second kappa shape index (κ2) is 6.63. The predicted molar refractivity (Wildman–Crippen MR) is 81.5 cm³/mol. The lowest BCUT2D eigenvalue weighted by atomic mass is 10.1. The Hall–Kier alpha value is -1.72. The van der Waals surface area contributed by atoms with E-state index in [1.54, 1.807) is 6.20 Å². The molecule has 1 amide bonds. The number of anilines is 1. The zero-order valence-electron chi connectivity index (χ0n) is 11.3. The van der Waals surface area contributed by atoms with E-state index in [2.05, 4.69) is 26.2 Å². The van der Waals surface area contributed by atoms with E-state index in [1.807, 2.05) is 43.3 Å². The van der Waals surface area contributed by atoms with Gasteiger partial charge in [-0.3, -0.25) is 4.79 Å². The molecule has 0 aliphatic heterocycles. The predicted octanol–water partition coefficient (Wildman–Crippen LogP) is 3.48. The van der Waals surface area contributed by atoms with Crippen molar-refractivity contribution in [1.82, 2.24) is 4.98 Å². The number of carbonyl (C=O) groups is 1. The third kappa shape index (κ3) is 3.43. The van der Waals surface area contributed by atoms with Crippen LogP contribution in [0.1, 0.15) is 17.2 Å². The van der Waals surface area contributed by atoms with Gasteiger partial charge in [0.2, 0.25) is 0 Å². The lowest BCUT2D eigenvalue weighted by molar-refractivity contribution is -0.126. The van der Waals surface area contributed by atoms with Gasteiger partial charge in [-0.15, -0.1) is 0 Å². The van der Waals surface area contributed by atoms with Crippen LogP contribution in [0.3, 0.4) is 0 Å². The quantitative estimate of drug-likeness (QED) is 0.931. The van der Waals surface area contributed by atoms with E-state index in [0.717, 1.165) is 15.6 Å². The molecule has 2 rings (SSSR count). The fourth-order valence-electron chi connectivity index (χ4n) is 1.83. The molecule has 0 aliphatic carbocycles. The maximum atomic E-state index is 12.3. The highest BCUT2D eigenvalue weighted by Crippen LogP contribution is 2.23. The van der Waals surface area contributed by atoms with Crippen LogP contribution < -0.4 is 5.32 Å². The second-order valence-electron chi connectivity index (χ2n) is 4.36. The number of nitrogens with one attached hydrogen (secondary N) is 1. The van der Waals surface area contributed by atoms with Crippen LogP contribution in [0, 0.1) is 6.92 Å². The molecule has 1 aromatic carbocycles. The highest BCUT2D eigenvalue weighted by Gasteiger charge is 2.21. The molecule has 1 N–H and O–H groups in total. The molecular weight excluding hydrogens is 320 g/mol. The Morgan fingerprint density at radius 1 is 1.35 bits per heavy atom. The van der Waals surface area contributed by atoms with Gasteiger partial charge in [0.1, 0.15) is 5.82 Å². The molecule has 1 atom stereocenters. The minimum absolute atomic E-state index is 0.254. The zero-order valence-corrected chi connectivity index (χ0v) is 12.8. The van der Waals surface area contributed by atoms with Gasteiger partial charge in [0.05, 0.1) is 4.47 Å². The first kappa shape index (κ1) is 14.7. The molecule has 0 bridgehead atoms. The van der Waals surface area contributed by atoms with E-state index >= 15 is 0 Å². The number of methoxy groups -OCH3 is 1. The Kier molecular flexibility index (Phi) is 4.87. The van der Waals surface area contributed by atoms with E-state index in [-0.39, 0.29) is 5.91 Å². The highest BCUT2D eigenvalue weighted by atomic mass is 79.9. The molecular formula is C15H15BrN2O2. The molecule has 0 fully saturated rings. The van der Waals surface area contributed by atoms with Crippen LogP contribution in [0.2, 0.25) is 0 Å². The molecule has 0 saturated heterocycles. The first-order valence-electron chi connectivity index (χ1n) is 6.12. The van der Waals surface area contributed by atoms with Gasteiger partial charge in [-0.05, 0) is 40.0 Å². The zero-order chi connectivity index (χ0) is 14.5. The monoisotopic (exact) mass is 334 g/mol. The number of benzene rings is 1. The van der Waals surface area contributed by atoms with E-state index in [4.69, 9.17) is 4.74 Å². The van der Waals surface area contributed by atoms with Crippen LogP contribution in [0.15, 0.2) is 47.1 Å². The molecule has 0 spiro atoms. The molecule has 1 aromatic heterocycles. The van der Waals surface area contributed by atoms with Crippen molar-refractivity contribution in [3.05, 3.63) is 58.2 Å². The Morgan fingerprint density at radius 3 is 2.65 bits per heavy atom. The SMILES string of the molecule is CO[C@@H](C(=O)Nc1ncc(C)cc1Br)c1ccccc1. The highest BCUT2D eigenvalue weighted by molar-refractivity contribution is 9.10. The Labute approximate surface area is 126 Å². The van der Waals surface area contributed by atoms with Crippen molar-refractivity contribution in [3.8, 4) is 0 Å². The van der Waals surface area contributed by atoms with Gasteiger partial charge in [0.25, 0.3) is 5.91 Å². The van der Waals surface area contributed by atoms with Crippen LogP contribution in [0.5, 0.6) is 0 Å². The summed E-state index contributed by atoms with van der Waals surface area (Å²) < 4.78 is 6.02. The standard InChI is InChI=1S/C15H15BrN2O2/c1-10-8-12(16)14(17-9-10)18-15(19)13(20-2)11-6-4-3-5-7-11/h3-9,13H,1-2H3,(H,17,18,19)/t13-/m1/s1. The number of aromatic nitrogens is 1. The Bertz CT molecular complexity index is 602. The summed E-state index contributed by atoms with van der Waals surface area (Å²) in [7, 11) is 1.51. The van der Waals surface area contributed by atoms with Crippen LogP contribution in [0.25, 0.3) is 0 Å². The van der Waals surface area contributed by atoms with Gasteiger partial charge in [-0.2, -0.15) is 0 Å². The first-order valence-corrected chi connectivity index (χ1v) is 6.92. The van der Waals surface area contributed by atoms with Gasteiger partial charge in [-0.1, -0.05) is 30.3 Å². The molecule has 1 heterocycles. The molecule has 0 aliphatic rings. The number of hydrogen-bond acceptors (Lipinski definition) is 3. The lowest BCUT2D eigenvalue weighted by Crippen LogP contribution is -2.23. The molecule has 0 unspecified atom stereocenters. The Balaban J connectivity index is 2.18. The van der Waals surface area contributed by atoms with Crippen molar-refractivity contribution in [2.75, 3.05) is 12.4 Å². The number of hydrogen-bond donors (Lipinski definition) is 1. The number of carbonyl (C=O) groups excluding carboxylic acids is 1. The third-order valence-electron chi connectivity index (χ3n) is 2.80. The molecule has 2 aromatic rings. The van der Waals surface area contributed by atoms with Crippen LogP contribution in [-0.4, -0.2) is 18.0 Å². The van der Waals surface area contributed by atoms with Crippen molar-refractivity contribution in [2.45, 2.75) is 13.0 Å². The molecule has 104 valence electrons. The number of amides is 1. The summed E-state index contributed by atoms with van der Waals surface area (Å²) in [6.45, 7) is 1.94. The second-order valence-corrected chi connectivity index (χ2v) is 5.21. The fourth-order valence-corrected chi connectivity index (χ4v) is 2.39. The van der Waals surface area contributed by atoms with Crippen LogP contribution in [-0.2, 0) is 9.53 Å². The van der Waals surface area contributed by atoms with Gasteiger partial charge >= 0.3 is 0 Å². The van der Waals surface area contributed by atoms with Gasteiger partial charge < -0.3 is 10.1 Å². The maximum Gasteiger partial charge on any atom is 0.259 e. The van der Waals surface area contributed by atoms with Crippen molar-refractivity contribution < 1.29 is 9.53 Å². The minimum Gasteiger partial charge on any atom is -0.367 e. The molecule has 0 radical (unpaired) electrons. The van der Waals surface area contributed by atoms with Crippen molar-refractivity contribution >= 4 is 27.7 Å². The van der Waals surface area contributed by atoms with Crippen molar-refractivity contribution in [3.63, 3.8) is 0 Å². The summed E-state index contributed by atoms with van der Waals surface area (Å²) >= 11 is 3.38. The lowest BCUT2D eigenvalue weighted by Gasteiger charge is -2.15. The maximum absolute atomic E-state index is 12.3. The number of pyridine rings is 1. The summed E-state index contributed by atoms with van der Waals surface area (Å²) in [5, 5.41) is 2.76. The van der Waals surface area contributed by atoms with E-state index in [9.17, 15) is 4.79 Å². The smallest absolute Gasteiger partial charge is 0.259 e. The number of aryl methyl sites for hydroxylation is 1. The molecule has 5 heteroatoms. The number of rotatable bonds is 4. The van der Waals surface area contributed by atoms with E-state index in [1.165, 1.54) is 7.11 Å². The van der Waals surface area contributed by atoms with Crippen LogP contribution >= 0.6 is 15.9 Å². The largest absolute Gasteiger partial charge is 0.367 e. The molecule has 20 heavy (non-hydrogen) atoms. The summed E-state index contributed by atoms with van der Waals surface area (Å²) in [6, 6.07) is 11.2. The summed E-state index contributed by atoms with van der Waals surface area (Å²) in [4.78, 5) is 16.5.